The van der Waals surface area contributed by atoms with E-state index in [9.17, 15) is 18.0 Å². The van der Waals surface area contributed by atoms with Gasteiger partial charge in [-0.3, -0.25) is 9.59 Å². The monoisotopic (exact) mass is 604 g/mol. The summed E-state index contributed by atoms with van der Waals surface area (Å²) in [7, 11) is 0.140. The average Bonchev–Trinajstić information content (AvgIpc) is 3.00. The van der Waals surface area contributed by atoms with Crippen LogP contribution in [-0.4, -0.2) is 34.5 Å². The molecule has 0 heterocycles. The molecule has 6 aromatic rings. The van der Waals surface area contributed by atoms with E-state index in [1.807, 2.05) is 122 Å². The Balaban J connectivity index is 0.000000195. The number of fused-ring (bicyclic) bond motifs is 3. The van der Waals surface area contributed by atoms with Gasteiger partial charge in [0, 0.05) is 30.6 Å². The summed E-state index contributed by atoms with van der Waals surface area (Å²) in [6.07, 6.45) is 0.144. The standard InChI is InChI=1S/C24H18O3.C12H14N2O2S/c25-23(15-19-11-5-9-17-7-1-3-13-21(17)19)27-24(26)16-20-12-6-10-18-8-2-4-14-22(18)20;1-14(2)11-7-3-6-10-9(11)5-4-8-12(10)17(13,15)16/h1-14H,15-16H2;3-8H,1-2H3,(H2,13,15,16). The van der Waals surface area contributed by atoms with Gasteiger partial charge in [0.2, 0.25) is 10.0 Å². The van der Waals surface area contributed by atoms with E-state index in [-0.39, 0.29) is 17.7 Å². The Morgan fingerprint density at radius 3 is 1.55 bits per heavy atom. The number of benzene rings is 6. The van der Waals surface area contributed by atoms with E-state index < -0.39 is 22.0 Å². The molecule has 8 heteroatoms. The summed E-state index contributed by atoms with van der Waals surface area (Å²) in [4.78, 5) is 26.7. The summed E-state index contributed by atoms with van der Waals surface area (Å²) in [5, 5.41) is 10.9. The number of nitrogens with zero attached hydrogens (tertiary/aromatic N) is 1. The summed E-state index contributed by atoms with van der Waals surface area (Å²) < 4.78 is 28.1. The number of carbonyl (C=O) groups excluding carboxylic acids is 2. The molecule has 0 unspecified atom stereocenters. The maximum Gasteiger partial charge on any atom is 0.317 e. The highest BCUT2D eigenvalue weighted by Crippen LogP contribution is 2.29. The Labute approximate surface area is 256 Å². The van der Waals surface area contributed by atoms with Gasteiger partial charge in [0.15, 0.2) is 0 Å². The van der Waals surface area contributed by atoms with Crippen LogP contribution in [0.15, 0.2) is 126 Å². The molecule has 6 aromatic carbocycles. The van der Waals surface area contributed by atoms with E-state index in [1.54, 1.807) is 12.1 Å². The molecule has 6 rings (SSSR count). The van der Waals surface area contributed by atoms with E-state index in [4.69, 9.17) is 9.88 Å². The second-order valence-electron chi connectivity index (χ2n) is 10.5. The molecule has 2 N–H and O–H groups in total. The van der Waals surface area contributed by atoms with Gasteiger partial charge in [-0.2, -0.15) is 0 Å². The average molecular weight is 605 g/mol. The quantitative estimate of drug-likeness (QED) is 0.174. The molecule has 0 spiro atoms. The minimum Gasteiger partial charge on any atom is -0.393 e. The minimum absolute atomic E-state index is 0.0721. The third-order valence-corrected chi connectivity index (χ3v) is 8.27. The van der Waals surface area contributed by atoms with Crippen molar-refractivity contribution in [1.82, 2.24) is 0 Å². The molecule has 0 aliphatic heterocycles. The van der Waals surface area contributed by atoms with Crippen molar-refractivity contribution in [3.05, 3.63) is 132 Å². The van der Waals surface area contributed by atoms with Crippen LogP contribution in [0.25, 0.3) is 32.3 Å². The number of hydrogen-bond acceptors (Lipinski definition) is 6. The zero-order valence-corrected chi connectivity index (χ0v) is 25.3. The SMILES string of the molecule is CN(C)c1cccc2c(S(N)(=O)=O)cccc12.O=C(Cc1cccc2ccccc12)OC(=O)Cc1cccc2ccccc12. The van der Waals surface area contributed by atoms with E-state index in [2.05, 4.69) is 0 Å². The Hall–Kier alpha value is -5.05. The van der Waals surface area contributed by atoms with Crippen LogP contribution in [0, 0.1) is 0 Å². The number of ether oxygens (including phenoxy) is 1. The highest BCUT2D eigenvalue weighted by atomic mass is 32.2. The van der Waals surface area contributed by atoms with Crippen LogP contribution in [0.1, 0.15) is 11.1 Å². The van der Waals surface area contributed by atoms with Crippen molar-refractivity contribution in [2.24, 2.45) is 5.14 Å². The molecule has 0 aliphatic rings. The molecule has 7 nitrogen and oxygen atoms in total. The highest BCUT2D eigenvalue weighted by molar-refractivity contribution is 7.89. The van der Waals surface area contributed by atoms with Gasteiger partial charge < -0.3 is 9.64 Å². The first-order valence-corrected chi connectivity index (χ1v) is 15.5. The molecule has 222 valence electrons. The Kier molecular flexibility index (Phi) is 9.04. The maximum absolute atomic E-state index is 12.3. The Morgan fingerprint density at radius 1 is 0.591 bits per heavy atom. The Morgan fingerprint density at radius 2 is 1.02 bits per heavy atom. The summed E-state index contributed by atoms with van der Waals surface area (Å²) in [6.45, 7) is 0. The number of anilines is 1. The third kappa shape index (κ3) is 6.94. The normalized spacial score (nSPS) is 11.2. The number of carbonyl (C=O) groups is 2. The molecule has 44 heavy (non-hydrogen) atoms. The van der Waals surface area contributed by atoms with Crippen molar-refractivity contribution < 1.29 is 22.7 Å². The fourth-order valence-electron chi connectivity index (χ4n) is 5.31. The summed E-state index contributed by atoms with van der Waals surface area (Å²) in [5.74, 6) is -1.06. The molecule has 0 aromatic heterocycles. The number of hydrogen-bond donors (Lipinski definition) is 1. The molecule has 0 saturated carbocycles. The number of primary sulfonamides is 1. The number of rotatable bonds is 6. The topological polar surface area (TPSA) is 107 Å². The number of esters is 2. The summed E-state index contributed by atoms with van der Waals surface area (Å²) >= 11 is 0. The Bertz CT molecular complexity index is 2000. The van der Waals surface area contributed by atoms with Gasteiger partial charge in [-0.25, -0.2) is 13.6 Å². The zero-order valence-electron chi connectivity index (χ0n) is 24.4. The maximum atomic E-state index is 12.3. The first-order valence-electron chi connectivity index (χ1n) is 14.0. The molecular weight excluding hydrogens is 572 g/mol. The van der Waals surface area contributed by atoms with Crippen LogP contribution < -0.4 is 10.0 Å². The second kappa shape index (κ2) is 13.1. The molecule has 0 aliphatic carbocycles. The predicted molar refractivity (Wildman–Crippen MR) is 176 cm³/mol. The third-order valence-electron chi connectivity index (χ3n) is 7.30. The van der Waals surface area contributed by atoms with Crippen LogP contribution in [0.5, 0.6) is 0 Å². The van der Waals surface area contributed by atoms with Gasteiger partial charge in [0.05, 0.1) is 17.7 Å². The van der Waals surface area contributed by atoms with Crippen LogP contribution >= 0.6 is 0 Å². The van der Waals surface area contributed by atoms with E-state index >= 15 is 0 Å². The van der Waals surface area contributed by atoms with Gasteiger partial charge in [0.25, 0.3) is 0 Å². The van der Waals surface area contributed by atoms with Gasteiger partial charge in [-0.05, 0) is 44.8 Å². The second-order valence-corrected chi connectivity index (χ2v) is 12.1. The van der Waals surface area contributed by atoms with Crippen molar-refractivity contribution in [3.63, 3.8) is 0 Å². The molecule has 0 atom stereocenters. The van der Waals surface area contributed by atoms with Gasteiger partial charge in [-0.15, -0.1) is 0 Å². The lowest BCUT2D eigenvalue weighted by Crippen LogP contribution is -2.16. The lowest BCUT2D eigenvalue weighted by molar-refractivity contribution is -0.158. The fourth-order valence-corrected chi connectivity index (χ4v) is 6.06. The predicted octanol–water partition coefficient (Wildman–Crippen LogP) is 6.40. The van der Waals surface area contributed by atoms with Gasteiger partial charge >= 0.3 is 11.9 Å². The molecule has 0 fully saturated rings. The number of sulfonamides is 1. The van der Waals surface area contributed by atoms with Crippen LogP contribution in [0.4, 0.5) is 5.69 Å². The number of nitrogens with two attached hydrogens (primary N) is 1. The van der Waals surface area contributed by atoms with Crippen molar-refractivity contribution in [3.8, 4) is 0 Å². The van der Waals surface area contributed by atoms with Crippen LogP contribution in [-0.2, 0) is 37.2 Å². The first kappa shape index (κ1) is 30.4. The molecular formula is C36H32N2O5S. The zero-order chi connectivity index (χ0) is 31.3. The fraction of sp³-hybridized carbons (Fsp3) is 0.111. The summed E-state index contributed by atoms with van der Waals surface area (Å²) in [6, 6.07) is 37.9. The van der Waals surface area contributed by atoms with E-state index in [1.165, 1.54) is 6.07 Å². The lowest BCUT2D eigenvalue weighted by Gasteiger charge is -2.16. The largest absolute Gasteiger partial charge is 0.393 e. The smallest absolute Gasteiger partial charge is 0.317 e. The van der Waals surface area contributed by atoms with Crippen molar-refractivity contribution in [2.45, 2.75) is 17.7 Å². The molecule has 0 saturated heterocycles. The molecule has 0 bridgehead atoms. The van der Waals surface area contributed by atoms with E-state index in [0.717, 1.165) is 43.7 Å². The van der Waals surface area contributed by atoms with Crippen LogP contribution in [0.2, 0.25) is 0 Å². The lowest BCUT2D eigenvalue weighted by atomic mass is 10.0. The van der Waals surface area contributed by atoms with Crippen molar-refractivity contribution >= 4 is 60.0 Å². The van der Waals surface area contributed by atoms with E-state index in [0.29, 0.717) is 5.39 Å². The van der Waals surface area contributed by atoms with Crippen molar-refractivity contribution in [2.75, 3.05) is 19.0 Å². The van der Waals surface area contributed by atoms with Crippen LogP contribution in [0.3, 0.4) is 0 Å². The minimum atomic E-state index is -3.69. The molecule has 0 amide bonds. The van der Waals surface area contributed by atoms with Gasteiger partial charge in [0.1, 0.15) is 0 Å². The summed E-state index contributed by atoms with van der Waals surface area (Å²) in [5.41, 5.74) is 2.68. The molecule has 0 radical (unpaired) electrons. The van der Waals surface area contributed by atoms with Crippen molar-refractivity contribution in [1.29, 1.82) is 0 Å². The first-order chi connectivity index (χ1) is 21.1. The van der Waals surface area contributed by atoms with Gasteiger partial charge in [-0.1, -0.05) is 109 Å². The highest BCUT2D eigenvalue weighted by Gasteiger charge is 2.15.